The molecule has 0 saturated heterocycles. The van der Waals surface area contributed by atoms with E-state index < -0.39 is 15.7 Å². The second-order valence-electron chi connectivity index (χ2n) is 4.51. The summed E-state index contributed by atoms with van der Waals surface area (Å²) in [6.45, 7) is 12.7. The van der Waals surface area contributed by atoms with Gasteiger partial charge in [-0.2, -0.15) is 0 Å². The van der Waals surface area contributed by atoms with Crippen molar-refractivity contribution in [3.8, 4) is 0 Å². The molecule has 0 bridgehead atoms. The van der Waals surface area contributed by atoms with Crippen LogP contribution in [-0.2, 0) is 13.6 Å². The zero-order valence-corrected chi connectivity index (χ0v) is 13.3. The standard InChI is InChI=1S/C12H25O3PSi/c1-6-11-17(4,5)12-9-10-16(13,14-7-2)15-8-3/h6,9,12H,1,7-8,10-11H2,2-5H3/b12-9+. The first-order chi connectivity index (χ1) is 7.89. The van der Waals surface area contributed by atoms with Crippen LogP contribution in [0.1, 0.15) is 13.8 Å². The summed E-state index contributed by atoms with van der Waals surface area (Å²) in [5, 5.41) is 0. The fourth-order valence-corrected chi connectivity index (χ4v) is 4.75. The summed E-state index contributed by atoms with van der Waals surface area (Å²) < 4.78 is 22.6. The Morgan fingerprint density at radius 3 is 2.18 bits per heavy atom. The lowest BCUT2D eigenvalue weighted by Crippen LogP contribution is -2.20. The van der Waals surface area contributed by atoms with E-state index in [2.05, 4.69) is 25.4 Å². The van der Waals surface area contributed by atoms with Crippen molar-refractivity contribution < 1.29 is 13.6 Å². The van der Waals surface area contributed by atoms with E-state index in [0.717, 1.165) is 6.04 Å². The van der Waals surface area contributed by atoms with E-state index in [4.69, 9.17) is 9.05 Å². The molecule has 0 aliphatic carbocycles. The van der Waals surface area contributed by atoms with Crippen molar-refractivity contribution in [3.05, 3.63) is 24.4 Å². The first-order valence-corrected chi connectivity index (χ1v) is 11.1. The highest BCUT2D eigenvalue weighted by Gasteiger charge is 2.22. The van der Waals surface area contributed by atoms with E-state index >= 15 is 0 Å². The van der Waals surface area contributed by atoms with Crippen molar-refractivity contribution in [1.82, 2.24) is 0 Å². The largest absolute Gasteiger partial charge is 0.334 e. The number of rotatable bonds is 9. The van der Waals surface area contributed by atoms with Crippen LogP contribution in [0.3, 0.4) is 0 Å². The summed E-state index contributed by atoms with van der Waals surface area (Å²) in [5.74, 6) is 0. The molecule has 0 fully saturated rings. The molecule has 17 heavy (non-hydrogen) atoms. The van der Waals surface area contributed by atoms with Crippen LogP contribution in [0.4, 0.5) is 0 Å². The van der Waals surface area contributed by atoms with Crippen LogP contribution in [0.15, 0.2) is 24.4 Å². The normalized spacial score (nSPS) is 13.2. The Kier molecular flexibility index (Phi) is 7.97. The highest BCUT2D eigenvalue weighted by molar-refractivity contribution is 7.54. The molecular weight excluding hydrogens is 251 g/mol. The van der Waals surface area contributed by atoms with Crippen molar-refractivity contribution in [3.63, 3.8) is 0 Å². The van der Waals surface area contributed by atoms with Gasteiger partial charge >= 0.3 is 7.60 Å². The quantitative estimate of drug-likeness (QED) is 0.359. The van der Waals surface area contributed by atoms with Gasteiger partial charge in [-0.3, -0.25) is 4.57 Å². The fraction of sp³-hybridized carbons (Fsp3) is 0.667. The summed E-state index contributed by atoms with van der Waals surface area (Å²) in [5.41, 5.74) is 2.18. The number of allylic oxidation sites excluding steroid dienone is 2. The molecule has 0 aliphatic rings. The first-order valence-electron chi connectivity index (χ1n) is 6.06. The van der Waals surface area contributed by atoms with Crippen LogP contribution in [0.5, 0.6) is 0 Å². The van der Waals surface area contributed by atoms with Gasteiger partial charge in [0.1, 0.15) is 0 Å². The van der Waals surface area contributed by atoms with Gasteiger partial charge in [0.05, 0.1) is 27.4 Å². The number of hydrogen-bond donors (Lipinski definition) is 0. The topological polar surface area (TPSA) is 35.5 Å². The van der Waals surface area contributed by atoms with Gasteiger partial charge in [0, 0.05) is 0 Å². The van der Waals surface area contributed by atoms with Gasteiger partial charge in [-0.15, -0.1) is 6.58 Å². The molecule has 5 heteroatoms. The summed E-state index contributed by atoms with van der Waals surface area (Å²) in [6, 6.07) is 1.02. The van der Waals surface area contributed by atoms with Crippen LogP contribution in [0, 0.1) is 0 Å². The molecular formula is C12H25O3PSi. The predicted molar refractivity (Wildman–Crippen MR) is 77.4 cm³/mol. The minimum absolute atomic E-state index is 0.363. The van der Waals surface area contributed by atoms with Crippen molar-refractivity contribution in [2.75, 3.05) is 19.4 Å². The molecule has 0 aromatic carbocycles. The molecule has 0 amide bonds. The van der Waals surface area contributed by atoms with Gasteiger partial charge in [-0.25, -0.2) is 0 Å². The van der Waals surface area contributed by atoms with E-state index in [9.17, 15) is 4.57 Å². The van der Waals surface area contributed by atoms with E-state index in [1.54, 1.807) is 0 Å². The van der Waals surface area contributed by atoms with Crippen molar-refractivity contribution in [1.29, 1.82) is 0 Å². The van der Waals surface area contributed by atoms with Gasteiger partial charge in [0.25, 0.3) is 0 Å². The molecule has 0 aromatic heterocycles. The molecule has 0 rings (SSSR count). The lowest BCUT2D eigenvalue weighted by atomic mass is 10.7. The molecule has 0 unspecified atom stereocenters. The van der Waals surface area contributed by atoms with Gasteiger partial charge in [-0.1, -0.05) is 30.9 Å². The Labute approximate surface area is 106 Å². The van der Waals surface area contributed by atoms with Gasteiger partial charge < -0.3 is 9.05 Å². The zero-order valence-electron chi connectivity index (χ0n) is 11.4. The van der Waals surface area contributed by atoms with Crippen LogP contribution >= 0.6 is 7.60 Å². The average molecular weight is 276 g/mol. The van der Waals surface area contributed by atoms with E-state index in [1.165, 1.54) is 0 Å². The van der Waals surface area contributed by atoms with Crippen molar-refractivity contribution in [2.45, 2.75) is 33.0 Å². The third-order valence-electron chi connectivity index (χ3n) is 2.22. The van der Waals surface area contributed by atoms with Gasteiger partial charge in [-0.05, 0) is 19.9 Å². The highest BCUT2D eigenvalue weighted by Crippen LogP contribution is 2.47. The van der Waals surface area contributed by atoms with Crippen molar-refractivity contribution >= 4 is 15.7 Å². The third-order valence-corrected chi connectivity index (χ3v) is 6.66. The molecule has 0 spiro atoms. The molecule has 100 valence electrons. The molecule has 0 saturated carbocycles. The maximum atomic E-state index is 12.2. The summed E-state index contributed by atoms with van der Waals surface area (Å²) in [6.07, 6.45) is 4.26. The maximum Gasteiger partial charge on any atom is 0.334 e. The van der Waals surface area contributed by atoms with Gasteiger partial charge in [0.15, 0.2) is 0 Å². The molecule has 0 heterocycles. The van der Waals surface area contributed by atoms with E-state index in [0.29, 0.717) is 19.4 Å². The molecule has 0 N–H and O–H groups in total. The molecule has 3 nitrogen and oxygen atoms in total. The summed E-state index contributed by atoms with van der Waals surface area (Å²) in [7, 11) is -4.29. The lowest BCUT2D eigenvalue weighted by molar-refractivity contribution is 0.222. The Balaban J connectivity index is 4.44. The fourth-order valence-electron chi connectivity index (χ4n) is 1.48. The second-order valence-corrected chi connectivity index (χ2v) is 11.3. The maximum absolute atomic E-state index is 12.2. The van der Waals surface area contributed by atoms with Crippen LogP contribution in [0.25, 0.3) is 0 Å². The number of hydrogen-bond acceptors (Lipinski definition) is 3. The Hall–Kier alpha value is -0.153. The molecule has 0 aromatic rings. The van der Waals surface area contributed by atoms with Crippen molar-refractivity contribution in [2.24, 2.45) is 0 Å². The highest BCUT2D eigenvalue weighted by atomic mass is 31.2. The average Bonchev–Trinajstić information content (AvgIpc) is 2.17. The van der Waals surface area contributed by atoms with Gasteiger partial charge in [0.2, 0.25) is 0 Å². The smallest absolute Gasteiger partial charge is 0.309 e. The van der Waals surface area contributed by atoms with E-state index in [-0.39, 0.29) is 0 Å². The summed E-state index contributed by atoms with van der Waals surface area (Å²) >= 11 is 0. The first kappa shape index (κ1) is 16.8. The lowest BCUT2D eigenvalue weighted by Gasteiger charge is -2.17. The Morgan fingerprint density at radius 2 is 1.76 bits per heavy atom. The van der Waals surface area contributed by atoms with E-state index in [1.807, 2.05) is 26.0 Å². The molecule has 0 radical (unpaired) electrons. The molecule has 0 aliphatic heterocycles. The summed E-state index contributed by atoms with van der Waals surface area (Å²) in [4.78, 5) is 0. The monoisotopic (exact) mass is 276 g/mol. The Bertz CT molecular complexity index is 290. The second kappa shape index (κ2) is 8.04. The van der Waals surface area contributed by atoms with Crippen LogP contribution in [0.2, 0.25) is 19.1 Å². The zero-order chi connectivity index (χ0) is 13.4. The van der Waals surface area contributed by atoms with Crippen LogP contribution < -0.4 is 0 Å². The third kappa shape index (κ3) is 7.71. The Morgan fingerprint density at radius 1 is 1.24 bits per heavy atom. The minimum atomic E-state index is -2.91. The van der Waals surface area contributed by atoms with Crippen LogP contribution in [-0.4, -0.2) is 27.4 Å². The minimum Gasteiger partial charge on any atom is -0.309 e. The SMILES string of the molecule is C=CC[Si](C)(C)/C=C/CP(=O)(OCC)OCC. The molecule has 0 atom stereocenters. The predicted octanol–water partition coefficient (Wildman–Crippen LogP) is 4.24.